The van der Waals surface area contributed by atoms with E-state index in [4.69, 9.17) is 9.47 Å². The molecule has 21 heavy (non-hydrogen) atoms. The van der Waals surface area contributed by atoms with Gasteiger partial charge in [0.25, 0.3) is 0 Å². The van der Waals surface area contributed by atoms with E-state index in [1.54, 1.807) is 11.8 Å². The molecular weight excluding hydrogens is 272 g/mol. The fourth-order valence-corrected chi connectivity index (χ4v) is 2.60. The maximum atomic E-state index is 12.4. The highest BCUT2D eigenvalue weighted by Gasteiger charge is 2.41. The van der Waals surface area contributed by atoms with Gasteiger partial charge in [-0.15, -0.1) is 0 Å². The Kier molecular flexibility index (Phi) is 4.58. The number of piperidine rings is 1. The summed E-state index contributed by atoms with van der Waals surface area (Å²) in [6, 6.07) is -0.504. The second-order valence-corrected chi connectivity index (χ2v) is 6.88. The fraction of sp³-hybridized carbons (Fsp3) is 0.867. The average Bonchev–Trinajstić information content (AvgIpc) is 2.86. The molecule has 2 amide bonds. The van der Waals surface area contributed by atoms with E-state index in [-0.39, 0.29) is 11.8 Å². The van der Waals surface area contributed by atoms with E-state index >= 15 is 0 Å². The van der Waals surface area contributed by atoms with E-state index in [1.165, 1.54) is 0 Å². The molecule has 0 bridgehead atoms. The molecule has 1 atom stereocenters. The summed E-state index contributed by atoms with van der Waals surface area (Å²) >= 11 is 0. The van der Waals surface area contributed by atoms with E-state index in [0.717, 1.165) is 0 Å². The first-order valence-corrected chi connectivity index (χ1v) is 7.61. The summed E-state index contributed by atoms with van der Waals surface area (Å²) < 4.78 is 11.3. The molecule has 120 valence electrons. The van der Waals surface area contributed by atoms with Crippen molar-refractivity contribution in [3.8, 4) is 0 Å². The number of hydrogen-bond acceptors (Lipinski definition) is 4. The van der Waals surface area contributed by atoms with Crippen LogP contribution >= 0.6 is 0 Å². The molecule has 6 nitrogen and oxygen atoms in total. The zero-order valence-electron chi connectivity index (χ0n) is 13.4. The average molecular weight is 298 g/mol. The summed E-state index contributed by atoms with van der Waals surface area (Å²) in [5, 5.41) is 2.79. The van der Waals surface area contributed by atoms with Gasteiger partial charge < -0.3 is 19.7 Å². The standard InChI is InChI=1S/C15H26N2O4/c1-11(16-13(19)14(2,3)4)12(18)17-7-5-15(6-8-17)20-9-10-21-15/h11H,5-10H2,1-4H3,(H,16,19)/t11-/m0/s1. The minimum absolute atomic E-state index is 0.0413. The summed E-state index contributed by atoms with van der Waals surface area (Å²) in [5.41, 5.74) is -0.494. The van der Waals surface area contributed by atoms with Gasteiger partial charge in [-0.3, -0.25) is 9.59 Å². The van der Waals surface area contributed by atoms with Crippen molar-refractivity contribution < 1.29 is 19.1 Å². The van der Waals surface area contributed by atoms with Gasteiger partial charge >= 0.3 is 0 Å². The molecule has 2 rings (SSSR count). The third kappa shape index (κ3) is 3.74. The van der Waals surface area contributed by atoms with Crippen LogP contribution in [-0.2, 0) is 19.1 Å². The summed E-state index contributed by atoms with van der Waals surface area (Å²) in [5.74, 6) is -0.631. The molecule has 0 aromatic carbocycles. The summed E-state index contributed by atoms with van der Waals surface area (Å²) in [7, 11) is 0. The Bertz CT molecular complexity index is 400. The molecule has 1 spiro atoms. The van der Waals surface area contributed by atoms with Crippen LogP contribution < -0.4 is 5.32 Å². The minimum Gasteiger partial charge on any atom is -0.347 e. The van der Waals surface area contributed by atoms with Crippen molar-refractivity contribution in [3.05, 3.63) is 0 Å². The zero-order chi connectivity index (χ0) is 15.7. The van der Waals surface area contributed by atoms with Gasteiger partial charge in [0.2, 0.25) is 11.8 Å². The highest BCUT2D eigenvalue weighted by molar-refractivity contribution is 5.89. The Hall–Kier alpha value is -1.14. The molecule has 2 aliphatic heterocycles. The number of carbonyl (C=O) groups is 2. The molecule has 0 unspecified atom stereocenters. The normalized spacial score (nSPS) is 23.1. The molecular formula is C15H26N2O4. The molecule has 0 aliphatic carbocycles. The summed E-state index contributed by atoms with van der Waals surface area (Å²) in [6.45, 7) is 9.71. The van der Waals surface area contributed by atoms with Crippen LogP contribution in [0.2, 0.25) is 0 Å². The Morgan fingerprint density at radius 2 is 1.67 bits per heavy atom. The Balaban J connectivity index is 1.85. The number of carbonyl (C=O) groups excluding carboxylic acids is 2. The van der Waals surface area contributed by atoms with E-state index in [9.17, 15) is 9.59 Å². The second-order valence-electron chi connectivity index (χ2n) is 6.88. The zero-order valence-corrected chi connectivity index (χ0v) is 13.4. The quantitative estimate of drug-likeness (QED) is 0.822. The molecule has 6 heteroatoms. The lowest BCUT2D eigenvalue weighted by atomic mass is 9.95. The van der Waals surface area contributed by atoms with Gasteiger partial charge in [0.15, 0.2) is 5.79 Å². The number of amides is 2. The predicted octanol–water partition coefficient (Wildman–Crippen LogP) is 0.903. The van der Waals surface area contributed by atoms with Crippen LogP contribution in [0.25, 0.3) is 0 Å². The van der Waals surface area contributed by atoms with E-state index in [2.05, 4.69) is 5.32 Å². The number of hydrogen-bond donors (Lipinski definition) is 1. The lowest BCUT2D eigenvalue weighted by molar-refractivity contribution is -0.188. The Morgan fingerprint density at radius 3 is 2.14 bits per heavy atom. The van der Waals surface area contributed by atoms with Crippen LogP contribution in [0.5, 0.6) is 0 Å². The van der Waals surface area contributed by atoms with E-state index in [1.807, 2.05) is 20.8 Å². The van der Waals surface area contributed by atoms with Crippen molar-refractivity contribution in [2.75, 3.05) is 26.3 Å². The molecule has 1 N–H and O–H groups in total. The van der Waals surface area contributed by atoms with Crippen molar-refractivity contribution in [2.45, 2.75) is 52.4 Å². The monoisotopic (exact) mass is 298 g/mol. The van der Waals surface area contributed by atoms with Crippen molar-refractivity contribution in [1.29, 1.82) is 0 Å². The van der Waals surface area contributed by atoms with Gasteiger partial charge in [-0.05, 0) is 6.92 Å². The predicted molar refractivity (Wildman–Crippen MR) is 77.5 cm³/mol. The Labute approximate surface area is 126 Å². The van der Waals surface area contributed by atoms with Gasteiger partial charge in [0.05, 0.1) is 13.2 Å². The highest BCUT2D eigenvalue weighted by atomic mass is 16.7. The summed E-state index contributed by atoms with van der Waals surface area (Å²) in [4.78, 5) is 26.1. The molecule has 2 saturated heterocycles. The van der Waals surface area contributed by atoms with Gasteiger partial charge in [-0.25, -0.2) is 0 Å². The van der Waals surface area contributed by atoms with Crippen molar-refractivity contribution in [3.63, 3.8) is 0 Å². The van der Waals surface area contributed by atoms with Gasteiger partial charge in [-0.1, -0.05) is 20.8 Å². The molecule has 0 saturated carbocycles. The number of rotatable bonds is 2. The van der Waals surface area contributed by atoms with Crippen molar-refractivity contribution >= 4 is 11.8 Å². The second kappa shape index (κ2) is 5.93. The van der Waals surface area contributed by atoms with Crippen LogP contribution in [0.15, 0.2) is 0 Å². The number of ether oxygens (including phenoxy) is 2. The van der Waals surface area contributed by atoms with Crippen LogP contribution in [0.3, 0.4) is 0 Å². The topological polar surface area (TPSA) is 67.9 Å². The fourth-order valence-electron chi connectivity index (χ4n) is 2.60. The molecule has 0 aromatic rings. The first-order chi connectivity index (χ1) is 9.73. The number of nitrogens with zero attached hydrogens (tertiary/aromatic N) is 1. The lowest BCUT2D eigenvalue weighted by Crippen LogP contribution is -2.54. The SMILES string of the molecule is C[C@H](NC(=O)C(C)(C)C)C(=O)N1CCC2(CC1)OCCO2. The van der Waals surface area contributed by atoms with Crippen LogP contribution in [0.4, 0.5) is 0 Å². The van der Waals surface area contributed by atoms with Crippen LogP contribution in [-0.4, -0.2) is 54.8 Å². The summed E-state index contributed by atoms with van der Waals surface area (Å²) in [6.07, 6.45) is 1.39. The van der Waals surface area contributed by atoms with E-state index in [0.29, 0.717) is 39.1 Å². The third-order valence-electron chi connectivity index (χ3n) is 4.05. The van der Waals surface area contributed by atoms with Gasteiger partial charge in [0.1, 0.15) is 6.04 Å². The molecule has 0 aromatic heterocycles. The highest BCUT2D eigenvalue weighted by Crippen LogP contribution is 2.31. The third-order valence-corrected chi connectivity index (χ3v) is 4.05. The Morgan fingerprint density at radius 1 is 1.14 bits per heavy atom. The smallest absolute Gasteiger partial charge is 0.244 e. The maximum Gasteiger partial charge on any atom is 0.244 e. The number of nitrogens with one attached hydrogen (secondary N) is 1. The number of likely N-dealkylation sites (tertiary alicyclic amines) is 1. The maximum absolute atomic E-state index is 12.4. The van der Waals surface area contributed by atoms with Crippen LogP contribution in [0.1, 0.15) is 40.5 Å². The van der Waals surface area contributed by atoms with Gasteiger partial charge in [0, 0.05) is 31.3 Å². The molecule has 2 fully saturated rings. The first-order valence-electron chi connectivity index (χ1n) is 7.61. The van der Waals surface area contributed by atoms with Crippen LogP contribution in [0, 0.1) is 5.41 Å². The van der Waals surface area contributed by atoms with Gasteiger partial charge in [-0.2, -0.15) is 0 Å². The molecule has 2 aliphatic rings. The molecule has 2 heterocycles. The minimum atomic E-state index is -0.504. The van der Waals surface area contributed by atoms with Crippen molar-refractivity contribution in [2.24, 2.45) is 5.41 Å². The first kappa shape index (κ1) is 16.2. The lowest BCUT2D eigenvalue weighted by Gasteiger charge is -2.38. The molecule has 0 radical (unpaired) electrons. The van der Waals surface area contributed by atoms with E-state index < -0.39 is 17.2 Å². The largest absolute Gasteiger partial charge is 0.347 e. The van der Waals surface area contributed by atoms with Crippen molar-refractivity contribution in [1.82, 2.24) is 10.2 Å².